The normalized spacial score (nSPS) is 26.3. The Bertz CT molecular complexity index is 186. The van der Waals surface area contributed by atoms with Gasteiger partial charge in [-0.25, -0.2) is 0 Å². The molecule has 3 nitrogen and oxygen atoms in total. The molecule has 15 heavy (non-hydrogen) atoms. The van der Waals surface area contributed by atoms with Gasteiger partial charge < -0.3 is 11.1 Å². The Balaban J connectivity index is 2.02. The molecule has 88 valence electrons. The number of nitrogens with two attached hydrogens (primary N) is 1. The first-order valence-corrected chi connectivity index (χ1v) is 6.19. The molecule has 0 aromatic carbocycles. The minimum atomic E-state index is 0.0988. The predicted molar refractivity (Wildman–Crippen MR) is 62.4 cm³/mol. The minimum absolute atomic E-state index is 0.0988. The number of hydrogen-bond donors (Lipinski definition) is 2. The van der Waals surface area contributed by atoms with Crippen LogP contribution in [0.1, 0.15) is 45.4 Å². The quantitative estimate of drug-likeness (QED) is 0.728. The summed E-state index contributed by atoms with van der Waals surface area (Å²) in [4.78, 5) is 11.1. The molecule has 1 aliphatic rings. The summed E-state index contributed by atoms with van der Waals surface area (Å²) < 4.78 is 0. The Hall–Kier alpha value is -0.570. The number of carbonyl (C=O) groups is 1. The Kier molecular flexibility index (Phi) is 5.69. The van der Waals surface area contributed by atoms with Gasteiger partial charge >= 0.3 is 0 Å². The molecule has 0 radical (unpaired) electrons. The van der Waals surface area contributed by atoms with Gasteiger partial charge in [-0.3, -0.25) is 4.79 Å². The van der Waals surface area contributed by atoms with Crippen LogP contribution in [0.3, 0.4) is 0 Å². The van der Waals surface area contributed by atoms with Crippen molar-refractivity contribution in [2.75, 3.05) is 13.1 Å². The van der Waals surface area contributed by atoms with Gasteiger partial charge in [-0.05, 0) is 18.3 Å². The third-order valence-corrected chi connectivity index (χ3v) is 3.38. The number of rotatable bonds is 5. The largest absolute Gasteiger partial charge is 0.356 e. The molecule has 1 rings (SSSR count). The van der Waals surface area contributed by atoms with Gasteiger partial charge in [-0.15, -0.1) is 0 Å². The van der Waals surface area contributed by atoms with Crippen LogP contribution in [-0.4, -0.2) is 19.0 Å². The lowest BCUT2D eigenvalue weighted by Crippen LogP contribution is -2.28. The molecule has 0 unspecified atom stereocenters. The summed E-state index contributed by atoms with van der Waals surface area (Å²) >= 11 is 0. The Morgan fingerprint density at radius 3 is 2.60 bits per heavy atom. The van der Waals surface area contributed by atoms with Crippen molar-refractivity contribution in [3.05, 3.63) is 0 Å². The summed E-state index contributed by atoms with van der Waals surface area (Å²) in [5.74, 6) is 1.84. The smallest absolute Gasteiger partial charge is 0.221 e. The van der Waals surface area contributed by atoms with Gasteiger partial charge in [-0.2, -0.15) is 0 Å². The number of hydrogen-bond acceptors (Lipinski definition) is 2. The lowest BCUT2D eigenvalue weighted by Gasteiger charge is -2.26. The van der Waals surface area contributed by atoms with Crippen LogP contribution in [-0.2, 0) is 4.79 Å². The highest BCUT2D eigenvalue weighted by Gasteiger charge is 2.17. The standard InChI is InChI=1S/C12H24N2O/c1-10-2-4-11(5-3-10)7-9-14-12(15)6-8-13/h10-11H,2-9,13H2,1H3,(H,14,15). The highest BCUT2D eigenvalue weighted by atomic mass is 16.1. The summed E-state index contributed by atoms with van der Waals surface area (Å²) in [7, 11) is 0. The Morgan fingerprint density at radius 2 is 2.00 bits per heavy atom. The van der Waals surface area contributed by atoms with Crippen molar-refractivity contribution in [3.63, 3.8) is 0 Å². The molecular formula is C12H24N2O. The van der Waals surface area contributed by atoms with E-state index in [1.807, 2.05) is 0 Å². The van der Waals surface area contributed by atoms with Gasteiger partial charge in [0.05, 0.1) is 0 Å². The van der Waals surface area contributed by atoms with E-state index < -0.39 is 0 Å². The zero-order valence-electron chi connectivity index (χ0n) is 9.80. The fourth-order valence-corrected chi connectivity index (χ4v) is 2.25. The van der Waals surface area contributed by atoms with Crippen LogP contribution in [0.4, 0.5) is 0 Å². The third kappa shape index (κ3) is 5.17. The van der Waals surface area contributed by atoms with Crippen LogP contribution in [0.25, 0.3) is 0 Å². The van der Waals surface area contributed by atoms with Crippen LogP contribution in [0.2, 0.25) is 0 Å². The molecule has 3 heteroatoms. The molecule has 0 aromatic heterocycles. The van der Waals surface area contributed by atoms with E-state index in [0.717, 1.165) is 24.8 Å². The SMILES string of the molecule is CC1CCC(CCNC(=O)CCN)CC1. The van der Waals surface area contributed by atoms with E-state index in [1.165, 1.54) is 25.7 Å². The van der Waals surface area contributed by atoms with Crippen molar-refractivity contribution in [1.29, 1.82) is 0 Å². The van der Waals surface area contributed by atoms with E-state index in [-0.39, 0.29) is 5.91 Å². The minimum Gasteiger partial charge on any atom is -0.356 e. The zero-order chi connectivity index (χ0) is 11.1. The van der Waals surface area contributed by atoms with Gasteiger partial charge in [-0.1, -0.05) is 32.6 Å². The van der Waals surface area contributed by atoms with Crippen LogP contribution in [0.5, 0.6) is 0 Å². The highest BCUT2D eigenvalue weighted by molar-refractivity contribution is 5.75. The monoisotopic (exact) mass is 212 g/mol. The molecule has 0 heterocycles. The topological polar surface area (TPSA) is 55.1 Å². The molecule has 0 atom stereocenters. The van der Waals surface area contributed by atoms with E-state index in [9.17, 15) is 4.79 Å². The maximum Gasteiger partial charge on any atom is 0.221 e. The first kappa shape index (κ1) is 12.5. The maximum atomic E-state index is 11.1. The number of nitrogens with one attached hydrogen (secondary N) is 1. The molecule has 1 saturated carbocycles. The van der Waals surface area contributed by atoms with E-state index >= 15 is 0 Å². The van der Waals surface area contributed by atoms with Crippen molar-refractivity contribution in [3.8, 4) is 0 Å². The molecule has 0 saturated heterocycles. The molecule has 1 aliphatic carbocycles. The second-order valence-electron chi connectivity index (χ2n) is 4.80. The summed E-state index contributed by atoms with van der Waals surface area (Å²) in [6, 6.07) is 0. The van der Waals surface area contributed by atoms with Crippen molar-refractivity contribution < 1.29 is 4.79 Å². The molecular weight excluding hydrogens is 188 g/mol. The second-order valence-corrected chi connectivity index (χ2v) is 4.80. The Morgan fingerprint density at radius 1 is 1.33 bits per heavy atom. The second kappa shape index (κ2) is 6.83. The number of amides is 1. The molecule has 1 amide bonds. The van der Waals surface area contributed by atoms with E-state index in [0.29, 0.717) is 13.0 Å². The van der Waals surface area contributed by atoms with Gasteiger partial charge in [0.2, 0.25) is 5.91 Å². The zero-order valence-corrected chi connectivity index (χ0v) is 9.80. The molecule has 1 fully saturated rings. The Labute approximate surface area is 92.8 Å². The van der Waals surface area contributed by atoms with E-state index in [4.69, 9.17) is 5.73 Å². The van der Waals surface area contributed by atoms with E-state index in [2.05, 4.69) is 12.2 Å². The summed E-state index contributed by atoms with van der Waals surface area (Å²) in [6.07, 6.45) is 7.01. The van der Waals surface area contributed by atoms with Crippen LogP contribution < -0.4 is 11.1 Å². The first-order chi connectivity index (χ1) is 7.22. The first-order valence-electron chi connectivity index (χ1n) is 6.19. The van der Waals surface area contributed by atoms with Gasteiger partial charge in [0, 0.05) is 19.5 Å². The van der Waals surface area contributed by atoms with Crippen molar-refractivity contribution >= 4 is 5.91 Å². The number of carbonyl (C=O) groups excluding carboxylic acids is 1. The van der Waals surface area contributed by atoms with Crippen molar-refractivity contribution in [2.24, 2.45) is 17.6 Å². The summed E-state index contributed by atoms with van der Waals surface area (Å²) in [6.45, 7) is 3.61. The molecule has 0 bridgehead atoms. The lowest BCUT2D eigenvalue weighted by atomic mass is 9.81. The molecule has 0 spiro atoms. The maximum absolute atomic E-state index is 11.1. The van der Waals surface area contributed by atoms with E-state index in [1.54, 1.807) is 0 Å². The lowest BCUT2D eigenvalue weighted by molar-refractivity contribution is -0.120. The fourth-order valence-electron chi connectivity index (χ4n) is 2.25. The average Bonchev–Trinajstić information content (AvgIpc) is 2.21. The predicted octanol–water partition coefficient (Wildman–Crippen LogP) is 1.67. The summed E-state index contributed by atoms with van der Waals surface area (Å²) in [5.41, 5.74) is 5.30. The average molecular weight is 212 g/mol. The summed E-state index contributed by atoms with van der Waals surface area (Å²) in [5, 5.41) is 2.92. The molecule has 3 N–H and O–H groups in total. The molecule has 0 aromatic rings. The van der Waals surface area contributed by atoms with Gasteiger partial charge in [0.25, 0.3) is 0 Å². The highest BCUT2D eigenvalue weighted by Crippen LogP contribution is 2.29. The third-order valence-electron chi connectivity index (χ3n) is 3.38. The van der Waals surface area contributed by atoms with Crippen molar-refractivity contribution in [2.45, 2.75) is 45.4 Å². The van der Waals surface area contributed by atoms with Crippen molar-refractivity contribution in [1.82, 2.24) is 5.32 Å². The van der Waals surface area contributed by atoms with Crippen LogP contribution in [0.15, 0.2) is 0 Å². The van der Waals surface area contributed by atoms with Gasteiger partial charge in [0.1, 0.15) is 0 Å². The fraction of sp³-hybridized carbons (Fsp3) is 0.917. The van der Waals surface area contributed by atoms with Crippen LogP contribution >= 0.6 is 0 Å². The van der Waals surface area contributed by atoms with Crippen LogP contribution in [0, 0.1) is 11.8 Å². The van der Waals surface area contributed by atoms with Gasteiger partial charge in [0.15, 0.2) is 0 Å². The molecule has 0 aliphatic heterocycles.